The summed E-state index contributed by atoms with van der Waals surface area (Å²) in [5.41, 5.74) is 0.292. The van der Waals surface area contributed by atoms with E-state index < -0.39 is 23.4 Å². The van der Waals surface area contributed by atoms with Gasteiger partial charge in [-0.2, -0.15) is 13.2 Å². The van der Waals surface area contributed by atoms with Crippen LogP contribution < -0.4 is 5.32 Å². The van der Waals surface area contributed by atoms with E-state index in [1.807, 2.05) is 12.0 Å². The van der Waals surface area contributed by atoms with Crippen molar-refractivity contribution < 1.29 is 27.5 Å². The van der Waals surface area contributed by atoms with Gasteiger partial charge in [0.05, 0.1) is 17.9 Å². The van der Waals surface area contributed by atoms with Gasteiger partial charge in [0.2, 0.25) is 0 Å². The Bertz CT molecular complexity index is 1190. The minimum atomic E-state index is -4.78. The van der Waals surface area contributed by atoms with Crippen LogP contribution in [0.1, 0.15) is 34.1 Å². The van der Waals surface area contributed by atoms with E-state index in [0.29, 0.717) is 22.9 Å². The molecule has 1 aliphatic rings. The minimum absolute atomic E-state index is 0.0316. The minimum Gasteiger partial charge on any atom is -0.462 e. The van der Waals surface area contributed by atoms with Gasteiger partial charge in [0.1, 0.15) is 11.4 Å². The maximum atomic E-state index is 13.9. The summed E-state index contributed by atoms with van der Waals surface area (Å²) in [5.74, 6) is 0.809. The van der Waals surface area contributed by atoms with Gasteiger partial charge in [-0.25, -0.2) is 9.59 Å². The number of ether oxygens (including phenoxy) is 1. The lowest BCUT2D eigenvalue weighted by molar-refractivity contribution is -0.142. The highest BCUT2D eigenvalue weighted by atomic mass is 19.4. The van der Waals surface area contributed by atoms with Crippen LogP contribution in [-0.4, -0.2) is 23.1 Å². The van der Waals surface area contributed by atoms with Crippen LogP contribution in [0, 0.1) is 0 Å². The number of esters is 1. The smallest absolute Gasteiger partial charge is 0.432 e. The largest absolute Gasteiger partial charge is 0.462 e. The van der Waals surface area contributed by atoms with E-state index in [1.165, 1.54) is 19.2 Å². The van der Waals surface area contributed by atoms with Crippen LogP contribution in [0.5, 0.6) is 0 Å². The highest BCUT2D eigenvalue weighted by molar-refractivity contribution is 6.06. The molecule has 1 aliphatic heterocycles. The lowest BCUT2D eigenvalue weighted by Gasteiger charge is -2.22. The number of halogens is 3. The number of carbonyl (C=O) groups excluding carboxylic acids is 2. The van der Waals surface area contributed by atoms with Gasteiger partial charge < -0.3 is 14.6 Å². The predicted octanol–water partition coefficient (Wildman–Crippen LogP) is 4.10. The van der Waals surface area contributed by atoms with Crippen LogP contribution in [0.15, 0.2) is 42.6 Å². The molecule has 2 heterocycles. The molecule has 0 radical (unpaired) electrons. The molecule has 3 aromatic rings. The molecule has 0 spiro atoms. The van der Waals surface area contributed by atoms with Gasteiger partial charge in [-0.15, -0.1) is 0 Å². The van der Waals surface area contributed by atoms with Crippen molar-refractivity contribution in [3.63, 3.8) is 0 Å². The number of nitrogens with zero attached hydrogens (tertiary/aromatic N) is 1. The first-order valence-electron chi connectivity index (χ1n) is 8.86. The van der Waals surface area contributed by atoms with Gasteiger partial charge >= 0.3 is 12.1 Å². The summed E-state index contributed by atoms with van der Waals surface area (Å²) in [6.07, 6.45) is -3.57. The van der Waals surface area contributed by atoms with Crippen LogP contribution in [0.25, 0.3) is 22.2 Å². The molecule has 2 aromatic carbocycles. The summed E-state index contributed by atoms with van der Waals surface area (Å²) in [5, 5.41) is 4.17. The second kappa shape index (κ2) is 6.83. The number of nitrogens with one attached hydrogen (secondary N) is 1. The van der Waals surface area contributed by atoms with Crippen molar-refractivity contribution >= 4 is 28.4 Å². The van der Waals surface area contributed by atoms with Crippen LogP contribution in [-0.2, 0) is 22.3 Å². The molecule has 148 valence electrons. The van der Waals surface area contributed by atoms with Crippen molar-refractivity contribution in [3.05, 3.63) is 65.0 Å². The van der Waals surface area contributed by atoms with Crippen molar-refractivity contribution in [3.8, 4) is 5.69 Å². The maximum Gasteiger partial charge on any atom is 0.432 e. The Morgan fingerprint density at radius 2 is 2.03 bits per heavy atom. The molecular weight excluding hydrogens is 385 g/mol. The quantitative estimate of drug-likeness (QED) is 0.531. The SMILES string of the molecule is CCOC(=O)c1ccn(-c2ccc3c4c(cccc24)CNC3=C=O)c1C(F)(F)F. The standard InChI is InChI=1S/C21H15F3N2O3/c1-2-29-20(28)15-8-9-26(19(15)21(22,23)24)17-7-6-13-16(11-27)25-10-12-4-3-5-14(17)18(12)13/h3-9,25H,2,10H2,1H3. The second-order valence-electron chi connectivity index (χ2n) is 6.47. The third-order valence-corrected chi connectivity index (χ3v) is 4.84. The highest BCUT2D eigenvalue weighted by Gasteiger charge is 2.40. The molecule has 0 saturated heterocycles. The Balaban J connectivity index is 2.02. The second-order valence-corrected chi connectivity index (χ2v) is 6.47. The number of carbonyl (C=O) groups is 1. The molecule has 0 aliphatic carbocycles. The van der Waals surface area contributed by atoms with E-state index in [9.17, 15) is 22.8 Å². The Kier molecular flexibility index (Phi) is 4.43. The van der Waals surface area contributed by atoms with E-state index in [2.05, 4.69) is 5.32 Å². The fourth-order valence-corrected chi connectivity index (χ4v) is 3.70. The van der Waals surface area contributed by atoms with Crippen molar-refractivity contribution in [2.24, 2.45) is 0 Å². The van der Waals surface area contributed by atoms with Crippen molar-refractivity contribution in [1.82, 2.24) is 9.88 Å². The summed E-state index contributed by atoms with van der Waals surface area (Å²) >= 11 is 0. The number of aromatic nitrogens is 1. The molecular formula is C21H15F3N2O3. The zero-order valence-electron chi connectivity index (χ0n) is 15.3. The van der Waals surface area contributed by atoms with Gasteiger partial charge in [0, 0.05) is 23.7 Å². The average Bonchev–Trinajstić information content (AvgIpc) is 3.14. The summed E-state index contributed by atoms with van der Waals surface area (Å²) in [4.78, 5) is 23.3. The molecule has 0 atom stereocenters. The lowest BCUT2D eigenvalue weighted by atomic mass is 9.93. The van der Waals surface area contributed by atoms with Crippen molar-refractivity contribution in [2.45, 2.75) is 19.6 Å². The van der Waals surface area contributed by atoms with Gasteiger partial charge in [0.25, 0.3) is 0 Å². The van der Waals surface area contributed by atoms with E-state index in [1.54, 1.807) is 18.2 Å². The molecule has 0 unspecified atom stereocenters. The number of alkyl halides is 3. The molecule has 5 nitrogen and oxygen atoms in total. The van der Waals surface area contributed by atoms with Crippen LogP contribution >= 0.6 is 0 Å². The highest BCUT2D eigenvalue weighted by Crippen LogP contribution is 2.39. The maximum absolute atomic E-state index is 13.9. The van der Waals surface area contributed by atoms with E-state index >= 15 is 0 Å². The summed E-state index contributed by atoms with van der Waals surface area (Å²) in [6.45, 7) is 1.86. The Morgan fingerprint density at radius 1 is 1.24 bits per heavy atom. The fourth-order valence-electron chi connectivity index (χ4n) is 3.70. The molecule has 0 bridgehead atoms. The predicted molar refractivity (Wildman–Crippen MR) is 100 cm³/mol. The van der Waals surface area contributed by atoms with Crippen LogP contribution in [0.3, 0.4) is 0 Å². The zero-order valence-corrected chi connectivity index (χ0v) is 15.3. The number of hydrogen-bond acceptors (Lipinski definition) is 4. The number of benzene rings is 2. The summed E-state index contributed by atoms with van der Waals surface area (Å²) < 4.78 is 47.4. The summed E-state index contributed by atoms with van der Waals surface area (Å²) in [7, 11) is 0. The number of hydrogen-bond donors (Lipinski definition) is 1. The molecule has 4 rings (SSSR count). The third kappa shape index (κ3) is 2.98. The molecule has 0 amide bonds. The first kappa shape index (κ1) is 18.8. The molecule has 29 heavy (non-hydrogen) atoms. The van der Waals surface area contributed by atoms with Gasteiger partial charge in [0.15, 0.2) is 5.94 Å². The van der Waals surface area contributed by atoms with E-state index in [0.717, 1.165) is 16.2 Å². The molecule has 0 saturated carbocycles. The number of rotatable bonds is 3. The first-order valence-corrected chi connectivity index (χ1v) is 8.86. The van der Waals surface area contributed by atoms with Crippen molar-refractivity contribution in [1.29, 1.82) is 0 Å². The monoisotopic (exact) mass is 400 g/mol. The Labute approximate surface area is 163 Å². The van der Waals surface area contributed by atoms with Gasteiger partial charge in [-0.3, -0.25) is 0 Å². The first-order chi connectivity index (χ1) is 13.9. The normalized spacial score (nSPS) is 13.2. The van der Waals surface area contributed by atoms with Crippen molar-refractivity contribution in [2.75, 3.05) is 6.61 Å². The Morgan fingerprint density at radius 3 is 2.72 bits per heavy atom. The zero-order chi connectivity index (χ0) is 20.8. The Hall–Kier alpha value is -3.51. The fraction of sp³-hybridized carbons (Fsp3) is 0.190. The topological polar surface area (TPSA) is 60.3 Å². The molecule has 0 fully saturated rings. The molecule has 1 N–H and O–H groups in total. The third-order valence-electron chi connectivity index (χ3n) is 4.84. The molecule has 1 aromatic heterocycles. The van der Waals surface area contributed by atoms with Gasteiger partial charge in [-0.05, 0) is 36.1 Å². The summed E-state index contributed by atoms with van der Waals surface area (Å²) in [6, 6.07) is 9.46. The van der Waals surface area contributed by atoms with Crippen LogP contribution in [0.4, 0.5) is 13.2 Å². The molecule has 8 heteroatoms. The average molecular weight is 400 g/mol. The lowest BCUT2D eigenvalue weighted by Crippen LogP contribution is -2.20. The van der Waals surface area contributed by atoms with Gasteiger partial charge in [-0.1, -0.05) is 18.2 Å². The van der Waals surface area contributed by atoms with E-state index in [-0.39, 0.29) is 18.0 Å². The van der Waals surface area contributed by atoms with Crippen LogP contribution in [0.2, 0.25) is 0 Å². The van der Waals surface area contributed by atoms with E-state index in [4.69, 9.17) is 4.74 Å².